The lowest BCUT2D eigenvalue weighted by molar-refractivity contribution is 0.415. The summed E-state index contributed by atoms with van der Waals surface area (Å²) in [5.74, 6) is 0.813. The number of aromatic amines is 1. The second kappa shape index (κ2) is 4.55. The number of methoxy groups -OCH3 is 1. The molecular formula is C14H12ClN3O. The van der Waals surface area contributed by atoms with Crippen LogP contribution < -0.4 is 4.74 Å². The van der Waals surface area contributed by atoms with Crippen molar-refractivity contribution in [3.05, 3.63) is 41.4 Å². The molecule has 3 aromatic rings. The Labute approximate surface area is 115 Å². The second-order valence-electron chi connectivity index (χ2n) is 4.25. The van der Waals surface area contributed by atoms with Gasteiger partial charge in [-0.3, -0.25) is 0 Å². The zero-order valence-electron chi connectivity index (χ0n) is 10.6. The van der Waals surface area contributed by atoms with Gasteiger partial charge in [-0.05, 0) is 42.8 Å². The van der Waals surface area contributed by atoms with Gasteiger partial charge in [-0.25, -0.2) is 9.97 Å². The Balaban J connectivity index is 2.30. The van der Waals surface area contributed by atoms with Crippen LogP contribution in [0.15, 0.2) is 30.5 Å². The highest BCUT2D eigenvalue weighted by molar-refractivity contribution is 6.28. The van der Waals surface area contributed by atoms with Crippen molar-refractivity contribution in [2.75, 3.05) is 7.11 Å². The van der Waals surface area contributed by atoms with Gasteiger partial charge in [0.1, 0.15) is 5.75 Å². The minimum atomic E-state index is 0.245. The van der Waals surface area contributed by atoms with Crippen molar-refractivity contribution in [3.63, 3.8) is 0 Å². The molecule has 0 aliphatic carbocycles. The zero-order chi connectivity index (χ0) is 13.4. The molecule has 3 rings (SSSR count). The lowest BCUT2D eigenvalue weighted by Crippen LogP contribution is -1.88. The fraction of sp³-hybridized carbons (Fsp3) is 0.143. The minimum Gasteiger partial charge on any atom is -0.497 e. The van der Waals surface area contributed by atoms with E-state index in [2.05, 4.69) is 15.0 Å². The van der Waals surface area contributed by atoms with Gasteiger partial charge in [0, 0.05) is 28.4 Å². The van der Waals surface area contributed by atoms with Crippen molar-refractivity contribution >= 4 is 22.5 Å². The smallest absolute Gasteiger partial charge is 0.222 e. The number of aromatic nitrogens is 3. The molecule has 5 heteroatoms. The number of benzene rings is 1. The molecule has 4 nitrogen and oxygen atoms in total. The number of nitrogens with one attached hydrogen (secondary N) is 1. The van der Waals surface area contributed by atoms with Gasteiger partial charge in [-0.1, -0.05) is 0 Å². The van der Waals surface area contributed by atoms with Crippen molar-refractivity contribution in [1.82, 2.24) is 15.0 Å². The molecule has 0 atom stereocenters. The molecule has 2 heterocycles. The first-order chi connectivity index (χ1) is 9.19. The lowest BCUT2D eigenvalue weighted by Gasteiger charge is -2.03. The summed E-state index contributed by atoms with van der Waals surface area (Å²) in [6, 6.07) is 7.76. The van der Waals surface area contributed by atoms with E-state index in [0.29, 0.717) is 0 Å². The molecule has 96 valence electrons. The Morgan fingerprint density at radius 3 is 2.84 bits per heavy atom. The predicted molar refractivity (Wildman–Crippen MR) is 75.6 cm³/mol. The maximum atomic E-state index is 5.87. The Kier molecular flexibility index (Phi) is 2.87. The highest BCUT2D eigenvalue weighted by atomic mass is 35.5. The molecule has 2 aromatic heterocycles. The zero-order valence-corrected chi connectivity index (χ0v) is 11.3. The minimum absolute atomic E-state index is 0.245. The van der Waals surface area contributed by atoms with Gasteiger partial charge in [0.15, 0.2) is 0 Å². The van der Waals surface area contributed by atoms with Gasteiger partial charge in [0.05, 0.1) is 12.8 Å². The third-order valence-electron chi connectivity index (χ3n) is 3.08. The van der Waals surface area contributed by atoms with Crippen LogP contribution in [0.2, 0.25) is 5.28 Å². The van der Waals surface area contributed by atoms with Crippen LogP contribution in [0.5, 0.6) is 5.75 Å². The van der Waals surface area contributed by atoms with Crippen LogP contribution in [0.3, 0.4) is 0 Å². The lowest BCUT2D eigenvalue weighted by atomic mass is 10.1. The fourth-order valence-electron chi connectivity index (χ4n) is 2.24. The van der Waals surface area contributed by atoms with Crippen molar-refractivity contribution in [3.8, 4) is 17.0 Å². The summed E-state index contributed by atoms with van der Waals surface area (Å²) in [7, 11) is 1.65. The standard InChI is InChI=1S/C14H12ClN3O/c1-8-13(12-5-6-16-14(15)18-12)10-7-9(19-2)3-4-11(10)17-8/h3-7,17H,1-2H3. The molecule has 1 N–H and O–H groups in total. The van der Waals surface area contributed by atoms with E-state index >= 15 is 0 Å². The maximum absolute atomic E-state index is 5.87. The van der Waals surface area contributed by atoms with Crippen molar-refractivity contribution < 1.29 is 4.74 Å². The first-order valence-electron chi connectivity index (χ1n) is 5.84. The number of ether oxygens (including phenoxy) is 1. The average molecular weight is 274 g/mol. The Morgan fingerprint density at radius 2 is 2.11 bits per heavy atom. The topological polar surface area (TPSA) is 50.8 Å². The number of nitrogens with zero attached hydrogens (tertiary/aromatic N) is 2. The molecule has 0 saturated heterocycles. The van der Waals surface area contributed by atoms with E-state index in [1.807, 2.05) is 31.2 Å². The van der Waals surface area contributed by atoms with E-state index in [9.17, 15) is 0 Å². The molecule has 0 amide bonds. The summed E-state index contributed by atoms with van der Waals surface area (Å²) in [5.41, 5.74) is 3.91. The third kappa shape index (κ3) is 2.04. The van der Waals surface area contributed by atoms with E-state index in [-0.39, 0.29) is 5.28 Å². The van der Waals surface area contributed by atoms with E-state index in [1.165, 1.54) is 0 Å². The quantitative estimate of drug-likeness (QED) is 0.726. The van der Waals surface area contributed by atoms with Crippen LogP contribution in [0.4, 0.5) is 0 Å². The van der Waals surface area contributed by atoms with E-state index in [4.69, 9.17) is 16.3 Å². The monoisotopic (exact) mass is 273 g/mol. The number of fused-ring (bicyclic) bond motifs is 1. The molecule has 19 heavy (non-hydrogen) atoms. The first-order valence-corrected chi connectivity index (χ1v) is 6.22. The van der Waals surface area contributed by atoms with Gasteiger partial charge in [-0.15, -0.1) is 0 Å². The van der Waals surface area contributed by atoms with Crippen LogP contribution in [0.1, 0.15) is 5.69 Å². The van der Waals surface area contributed by atoms with Gasteiger partial charge >= 0.3 is 0 Å². The predicted octanol–water partition coefficient (Wildman–Crippen LogP) is 3.60. The number of halogens is 1. The molecule has 0 fully saturated rings. The number of H-pyrrole nitrogens is 1. The third-order valence-corrected chi connectivity index (χ3v) is 3.26. The summed E-state index contributed by atoms with van der Waals surface area (Å²) < 4.78 is 5.27. The highest BCUT2D eigenvalue weighted by Gasteiger charge is 2.13. The normalized spacial score (nSPS) is 10.9. The number of hydrogen-bond donors (Lipinski definition) is 1. The summed E-state index contributed by atoms with van der Waals surface area (Å²) in [6.45, 7) is 2.01. The van der Waals surface area contributed by atoms with Crippen LogP contribution in [0, 0.1) is 6.92 Å². The summed E-state index contributed by atoms with van der Waals surface area (Å²) in [5, 5.41) is 1.31. The molecular weight excluding hydrogens is 262 g/mol. The van der Waals surface area contributed by atoms with E-state index in [1.54, 1.807) is 13.3 Å². The molecule has 0 spiro atoms. The fourth-order valence-corrected chi connectivity index (χ4v) is 2.38. The first kappa shape index (κ1) is 12.0. The highest BCUT2D eigenvalue weighted by Crippen LogP contribution is 2.33. The summed E-state index contributed by atoms with van der Waals surface area (Å²) >= 11 is 5.87. The maximum Gasteiger partial charge on any atom is 0.222 e. The van der Waals surface area contributed by atoms with Crippen molar-refractivity contribution in [2.24, 2.45) is 0 Å². The Bertz CT molecular complexity index is 752. The average Bonchev–Trinajstić information content (AvgIpc) is 2.73. The summed E-state index contributed by atoms with van der Waals surface area (Å²) in [4.78, 5) is 11.5. The van der Waals surface area contributed by atoms with Crippen LogP contribution in [-0.2, 0) is 0 Å². The number of aryl methyl sites for hydroxylation is 1. The Morgan fingerprint density at radius 1 is 1.26 bits per heavy atom. The SMILES string of the molecule is COc1ccc2[nH]c(C)c(-c3ccnc(Cl)n3)c2c1. The van der Waals surface area contributed by atoms with E-state index < -0.39 is 0 Å². The van der Waals surface area contributed by atoms with Crippen LogP contribution in [0.25, 0.3) is 22.2 Å². The van der Waals surface area contributed by atoms with Crippen LogP contribution >= 0.6 is 11.6 Å². The largest absolute Gasteiger partial charge is 0.497 e. The van der Waals surface area contributed by atoms with Crippen molar-refractivity contribution in [2.45, 2.75) is 6.92 Å². The second-order valence-corrected chi connectivity index (χ2v) is 4.59. The molecule has 0 aliphatic heterocycles. The molecule has 0 radical (unpaired) electrons. The Hall–Kier alpha value is -2.07. The molecule has 0 aliphatic rings. The van der Waals surface area contributed by atoms with Gasteiger partial charge in [0.25, 0.3) is 0 Å². The molecule has 0 bridgehead atoms. The summed E-state index contributed by atoms with van der Waals surface area (Å²) in [6.07, 6.45) is 1.66. The number of rotatable bonds is 2. The molecule has 1 aromatic carbocycles. The molecule has 0 saturated carbocycles. The van der Waals surface area contributed by atoms with Gasteiger partial charge in [0.2, 0.25) is 5.28 Å². The van der Waals surface area contributed by atoms with Gasteiger partial charge < -0.3 is 9.72 Å². The van der Waals surface area contributed by atoms with Crippen LogP contribution in [-0.4, -0.2) is 22.1 Å². The van der Waals surface area contributed by atoms with Crippen molar-refractivity contribution in [1.29, 1.82) is 0 Å². The molecule has 0 unspecified atom stereocenters. The van der Waals surface area contributed by atoms with Gasteiger partial charge in [-0.2, -0.15) is 0 Å². The number of hydrogen-bond acceptors (Lipinski definition) is 3. The van der Waals surface area contributed by atoms with E-state index in [0.717, 1.165) is 33.6 Å².